The van der Waals surface area contributed by atoms with Crippen molar-refractivity contribution in [2.45, 2.75) is 51.2 Å². The molecular weight excluding hydrogens is 350 g/mol. The molecule has 2 aromatic carbocycles. The van der Waals surface area contributed by atoms with Crippen molar-refractivity contribution >= 4 is 5.97 Å². The zero-order valence-corrected chi connectivity index (χ0v) is 16.7. The average molecular weight is 382 g/mol. The van der Waals surface area contributed by atoms with Crippen molar-refractivity contribution in [3.63, 3.8) is 0 Å². The Kier molecular flexibility index (Phi) is 7.63. The van der Waals surface area contributed by atoms with E-state index in [1.807, 2.05) is 6.07 Å². The molecule has 28 heavy (non-hydrogen) atoms. The van der Waals surface area contributed by atoms with Gasteiger partial charge in [-0.3, -0.25) is 4.79 Å². The molecule has 1 aliphatic heterocycles. The average Bonchev–Trinajstić information content (AvgIpc) is 2.73. The first-order chi connectivity index (χ1) is 13.7. The zero-order chi connectivity index (χ0) is 19.8. The van der Waals surface area contributed by atoms with Gasteiger partial charge in [-0.05, 0) is 36.0 Å². The van der Waals surface area contributed by atoms with Gasteiger partial charge in [0, 0.05) is 19.6 Å². The molecule has 0 radical (unpaired) electrons. The number of likely N-dealkylation sites (tertiary alicyclic amines) is 1. The molecule has 0 spiro atoms. The molecule has 1 N–H and O–H groups in total. The third-order valence-corrected chi connectivity index (χ3v) is 5.43. The van der Waals surface area contributed by atoms with E-state index >= 15 is 0 Å². The highest BCUT2D eigenvalue weighted by Gasteiger charge is 2.25. The molecule has 0 amide bonds. The van der Waals surface area contributed by atoms with Crippen molar-refractivity contribution in [1.82, 2.24) is 4.90 Å². The van der Waals surface area contributed by atoms with Crippen molar-refractivity contribution in [3.05, 3.63) is 71.3 Å². The number of hydrogen-bond acceptors (Lipinski definition) is 3. The van der Waals surface area contributed by atoms with Crippen LogP contribution in [0.2, 0.25) is 0 Å². The maximum absolute atomic E-state index is 10.8. The monoisotopic (exact) mass is 381 g/mol. The molecule has 150 valence electrons. The summed E-state index contributed by atoms with van der Waals surface area (Å²) in [7, 11) is 0. The minimum absolute atomic E-state index is 0.0625. The summed E-state index contributed by atoms with van der Waals surface area (Å²) in [5.41, 5.74) is 3.74. The van der Waals surface area contributed by atoms with Crippen LogP contribution in [-0.2, 0) is 16.0 Å². The lowest BCUT2D eigenvalue weighted by atomic mass is 9.98. The van der Waals surface area contributed by atoms with Crippen LogP contribution >= 0.6 is 0 Å². The maximum Gasteiger partial charge on any atom is 0.304 e. The molecule has 1 atom stereocenters. The van der Waals surface area contributed by atoms with Gasteiger partial charge in [-0.2, -0.15) is 0 Å². The Labute approximate surface area is 168 Å². The van der Waals surface area contributed by atoms with Gasteiger partial charge in [-0.1, -0.05) is 67.9 Å². The van der Waals surface area contributed by atoms with Gasteiger partial charge < -0.3 is 14.7 Å². The van der Waals surface area contributed by atoms with Crippen LogP contribution in [0.15, 0.2) is 54.6 Å². The van der Waals surface area contributed by atoms with Gasteiger partial charge in [0.2, 0.25) is 0 Å². The lowest BCUT2D eigenvalue weighted by Gasteiger charge is -2.34. The fourth-order valence-electron chi connectivity index (χ4n) is 3.84. The van der Waals surface area contributed by atoms with Crippen molar-refractivity contribution in [2.75, 3.05) is 19.6 Å². The molecule has 3 rings (SSSR count). The van der Waals surface area contributed by atoms with E-state index < -0.39 is 5.97 Å². The second-order valence-corrected chi connectivity index (χ2v) is 7.60. The predicted octanol–water partition coefficient (Wildman–Crippen LogP) is 4.68. The quantitative estimate of drug-likeness (QED) is 0.685. The van der Waals surface area contributed by atoms with Crippen LogP contribution in [0.5, 0.6) is 0 Å². The van der Waals surface area contributed by atoms with Gasteiger partial charge in [-0.15, -0.1) is 0 Å². The number of carbonyl (C=O) groups is 1. The Morgan fingerprint density at radius 2 is 1.71 bits per heavy atom. The summed E-state index contributed by atoms with van der Waals surface area (Å²) in [5, 5.41) is 8.87. The summed E-state index contributed by atoms with van der Waals surface area (Å²) in [4.78, 5) is 13.0. The van der Waals surface area contributed by atoms with Gasteiger partial charge in [0.05, 0.1) is 12.5 Å². The van der Waals surface area contributed by atoms with Crippen LogP contribution in [0.4, 0.5) is 0 Å². The molecule has 1 aliphatic rings. The first kappa shape index (κ1) is 20.6. The number of hydrogen-bond donors (Lipinski definition) is 1. The van der Waals surface area contributed by atoms with E-state index in [1.165, 1.54) is 16.7 Å². The van der Waals surface area contributed by atoms with E-state index in [4.69, 9.17) is 9.84 Å². The number of aliphatic carboxylic acids is 1. The normalized spacial score (nSPS) is 16.8. The molecule has 0 aromatic heterocycles. The van der Waals surface area contributed by atoms with E-state index in [2.05, 4.69) is 60.4 Å². The van der Waals surface area contributed by atoms with Crippen LogP contribution in [0, 0.1) is 0 Å². The third-order valence-electron chi connectivity index (χ3n) is 5.43. The van der Waals surface area contributed by atoms with E-state index in [9.17, 15) is 4.79 Å². The van der Waals surface area contributed by atoms with E-state index in [0.717, 1.165) is 38.8 Å². The summed E-state index contributed by atoms with van der Waals surface area (Å²) < 4.78 is 6.59. The summed E-state index contributed by atoms with van der Waals surface area (Å²) in [5.74, 6) is -0.728. The lowest BCUT2D eigenvalue weighted by Crippen LogP contribution is -2.38. The van der Waals surface area contributed by atoms with Crippen LogP contribution in [0.3, 0.4) is 0 Å². The van der Waals surface area contributed by atoms with Gasteiger partial charge in [0.1, 0.15) is 6.10 Å². The number of aryl methyl sites for hydroxylation is 1. The van der Waals surface area contributed by atoms with Crippen molar-refractivity contribution < 1.29 is 14.6 Å². The molecule has 0 aliphatic carbocycles. The fraction of sp³-hybridized carbons (Fsp3) is 0.458. The molecule has 1 heterocycles. The smallest absolute Gasteiger partial charge is 0.304 e. The Morgan fingerprint density at radius 3 is 2.32 bits per heavy atom. The minimum atomic E-state index is -0.728. The molecule has 2 aromatic rings. The lowest BCUT2D eigenvalue weighted by molar-refractivity contribution is -0.137. The number of piperidine rings is 1. The number of rotatable bonds is 9. The van der Waals surface area contributed by atoms with Crippen LogP contribution in [0.1, 0.15) is 55.4 Å². The Bertz CT molecular complexity index is 721. The zero-order valence-electron chi connectivity index (χ0n) is 16.7. The first-order valence-electron chi connectivity index (χ1n) is 10.4. The number of ether oxygens (including phenoxy) is 1. The topological polar surface area (TPSA) is 49.8 Å². The van der Waals surface area contributed by atoms with Gasteiger partial charge >= 0.3 is 5.97 Å². The van der Waals surface area contributed by atoms with Crippen molar-refractivity contribution in [3.8, 4) is 0 Å². The number of nitrogens with zero attached hydrogens (tertiary/aromatic N) is 1. The number of benzene rings is 2. The highest BCUT2D eigenvalue weighted by atomic mass is 16.5. The molecule has 1 saturated heterocycles. The predicted molar refractivity (Wildman–Crippen MR) is 112 cm³/mol. The first-order valence-corrected chi connectivity index (χ1v) is 10.4. The standard InChI is InChI=1S/C24H31NO3/c1-2-6-19-9-11-21(12-10-19)24(20-7-4-3-5-8-20)28-22-13-16-25(17-14-22)18-15-23(26)27/h3-5,7-12,22,24H,2,6,13-18H2,1H3,(H,26,27). The molecule has 0 bridgehead atoms. The van der Waals surface area contributed by atoms with Gasteiger partial charge in [-0.25, -0.2) is 0 Å². The SMILES string of the molecule is CCCc1ccc(C(OC2CCN(CCC(=O)O)CC2)c2ccccc2)cc1. The molecule has 0 saturated carbocycles. The molecule has 4 heteroatoms. The van der Waals surface area contributed by atoms with Crippen molar-refractivity contribution in [1.29, 1.82) is 0 Å². The van der Waals surface area contributed by atoms with Gasteiger partial charge in [0.15, 0.2) is 0 Å². The summed E-state index contributed by atoms with van der Waals surface area (Å²) >= 11 is 0. The second-order valence-electron chi connectivity index (χ2n) is 7.60. The van der Waals surface area contributed by atoms with Crippen LogP contribution in [-0.4, -0.2) is 41.7 Å². The summed E-state index contributed by atoms with van der Waals surface area (Å²) in [6.45, 7) is 4.62. The molecule has 1 fully saturated rings. The van der Waals surface area contributed by atoms with E-state index in [0.29, 0.717) is 6.54 Å². The number of carboxylic acids is 1. The summed E-state index contributed by atoms with van der Waals surface area (Å²) in [6, 6.07) is 19.2. The third kappa shape index (κ3) is 5.91. The molecular formula is C24H31NO3. The minimum Gasteiger partial charge on any atom is -0.481 e. The summed E-state index contributed by atoms with van der Waals surface area (Å²) in [6.07, 6.45) is 4.48. The van der Waals surface area contributed by atoms with Crippen molar-refractivity contribution in [2.24, 2.45) is 0 Å². The largest absolute Gasteiger partial charge is 0.481 e. The fourth-order valence-corrected chi connectivity index (χ4v) is 3.84. The van der Waals surface area contributed by atoms with E-state index in [-0.39, 0.29) is 18.6 Å². The Hall–Kier alpha value is -2.17. The maximum atomic E-state index is 10.8. The van der Waals surface area contributed by atoms with Crippen LogP contribution < -0.4 is 0 Å². The molecule has 1 unspecified atom stereocenters. The van der Waals surface area contributed by atoms with E-state index in [1.54, 1.807) is 0 Å². The Balaban J connectivity index is 1.66. The molecule has 4 nitrogen and oxygen atoms in total. The van der Waals surface area contributed by atoms with Crippen LogP contribution in [0.25, 0.3) is 0 Å². The van der Waals surface area contributed by atoms with Gasteiger partial charge in [0.25, 0.3) is 0 Å². The highest BCUT2D eigenvalue weighted by Crippen LogP contribution is 2.30. The highest BCUT2D eigenvalue weighted by molar-refractivity contribution is 5.66. The second kappa shape index (κ2) is 10.4. The Morgan fingerprint density at radius 1 is 1.07 bits per heavy atom. The number of carboxylic acid groups (broad SMARTS) is 1.